The fraction of sp³-hybridized carbons (Fsp3) is 0.632. The second-order valence-electron chi connectivity index (χ2n) is 6.95. The Labute approximate surface area is 145 Å². The van der Waals surface area contributed by atoms with Gasteiger partial charge in [-0.3, -0.25) is 0 Å². The summed E-state index contributed by atoms with van der Waals surface area (Å²) in [6.45, 7) is 2.21. The number of aliphatic hydroxyl groups is 1. The van der Waals surface area contributed by atoms with Crippen LogP contribution in [0.1, 0.15) is 38.5 Å². The Morgan fingerprint density at radius 3 is 2.75 bits per heavy atom. The fourth-order valence-corrected chi connectivity index (χ4v) is 3.75. The number of rotatable bonds is 6. The van der Waals surface area contributed by atoms with Gasteiger partial charge < -0.3 is 21.1 Å². The number of aliphatic imine (C=N–C) groups is 1. The Morgan fingerprint density at radius 1 is 1.12 bits per heavy atom. The summed E-state index contributed by atoms with van der Waals surface area (Å²) >= 11 is 0. The van der Waals surface area contributed by atoms with Crippen molar-refractivity contribution in [2.45, 2.75) is 57.0 Å². The highest BCUT2D eigenvalue weighted by Gasteiger charge is 2.26. The van der Waals surface area contributed by atoms with Crippen LogP contribution in [0.3, 0.4) is 0 Å². The summed E-state index contributed by atoms with van der Waals surface area (Å²) in [5, 5.41) is 20.4. The molecule has 0 aromatic heterocycles. The SMILES string of the molecule is OC(N=CC1CCCCC1NC1CCCNC1)Nc1ccccc1. The summed E-state index contributed by atoms with van der Waals surface area (Å²) in [6.07, 6.45) is 8.48. The first-order valence-electron chi connectivity index (χ1n) is 9.31. The van der Waals surface area contributed by atoms with Crippen molar-refractivity contribution in [2.24, 2.45) is 10.9 Å². The van der Waals surface area contributed by atoms with Gasteiger partial charge in [-0.1, -0.05) is 31.0 Å². The number of hydrogen-bond acceptors (Lipinski definition) is 5. The molecule has 3 rings (SSSR count). The van der Waals surface area contributed by atoms with E-state index in [1.54, 1.807) is 0 Å². The van der Waals surface area contributed by atoms with E-state index in [4.69, 9.17) is 0 Å². The number of para-hydroxylation sites is 1. The van der Waals surface area contributed by atoms with Gasteiger partial charge in [-0.15, -0.1) is 0 Å². The number of piperidine rings is 1. The summed E-state index contributed by atoms with van der Waals surface area (Å²) in [5.41, 5.74) is 0.883. The molecule has 0 amide bonds. The molecular weight excluding hydrogens is 300 g/mol. The minimum Gasteiger partial charge on any atom is -0.355 e. The van der Waals surface area contributed by atoms with E-state index < -0.39 is 6.35 Å². The lowest BCUT2D eigenvalue weighted by molar-refractivity contribution is 0.212. The van der Waals surface area contributed by atoms with Crippen LogP contribution in [0.25, 0.3) is 0 Å². The topological polar surface area (TPSA) is 68.7 Å². The molecule has 0 spiro atoms. The normalized spacial score (nSPS) is 29.5. The van der Waals surface area contributed by atoms with Crippen LogP contribution >= 0.6 is 0 Å². The number of hydrogen-bond donors (Lipinski definition) is 4. The zero-order chi connectivity index (χ0) is 16.6. The van der Waals surface area contributed by atoms with Crippen molar-refractivity contribution >= 4 is 11.9 Å². The standard InChI is InChI=1S/C19H30N4O/c24-19(23-16-8-2-1-3-9-16)21-13-15-7-4-5-11-18(15)22-17-10-6-12-20-14-17/h1-3,8-9,13,15,17-20,22-24H,4-7,10-12,14H2. The molecule has 4 unspecified atom stereocenters. The molecule has 1 aliphatic heterocycles. The van der Waals surface area contributed by atoms with Gasteiger partial charge in [0.1, 0.15) is 0 Å². The Hall–Kier alpha value is -1.43. The van der Waals surface area contributed by atoms with E-state index in [1.807, 2.05) is 36.5 Å². The molecule has 1 aromatic carbocycles. The minimum absolute atomic E-state index is 0.410. The molecule has 1 aromatic rings. The Bertz CT molecular complexity index is 501. The first-order valence-corrected chi connectivity index (χ1v) is 9.31. The van der Waals surface area contributed by atoms with Crippen molar-refractivity contribution in [3.8, 4) is 0 Å². The second-order valence-corrected chi connectivity index (χ2v) is 6.95. The maximum Gasteiger partial charge on any atom is 0.222 e. The second kappa shape index (κ2) is 9.16. The van der Waals surface area contributed by atoms with Gasteiger partial charge in [0.25, 0.3) is 0 Å². The average Bonchev–Trinajstić information content (AvgIpc) is 2.63. The van der Waals surface area contributed by atoms with E-state index >= 15 is 0 Å². The Kier molecular flexibility index (Phi) is 6.64. The Balaban J connectivity index is 1.52. The summed E-state index contributed by atoms with van der Waals surface area (Å²) in [4.78, 5) is 4.35. The molecule has 0 bridgehead atoms. The van der Waals surface area contributed by atoms with E-state index in [9.17, 15) is 5.11 Å². The number of nitrogens with zero attached hydrogens (tertiary/aromatic N) is 1. The van der Waals surface area contributed by atoms with E-state index in [-0.39, 0.29) is 0 Å². The fourth-order valence-electron chi connectivity index (χ4n) is 3.75. The van der Waals surface area contributed by atoms with Gasteiger partial charge in [-0.25, -0.2) is 4.99 Å². The summed E-state index contributed by atoms with van der Waals surface area (Å²) in [7, 11) is 0. The van der Waals surface area contributed by atoms with Crippen molar-refractivity contribution in [1.82, 2.24) is 10.6 Å². The predicted octanol–water partition coefficient (Wildman–Crippen LogP) is 2.35. The molecule has 132 valence electrons. The number of aliphatic hydroxyl groups excluding tert-OH is 1. The lowest BCUT2D eigenvalue weighted by Crippen LogP contribution is -2.50. The van der Waals surface area contributed by atoms with E-state index in [2.05, 4.69) is 20.9 Å². The molecule has 1 heterocycles. The third kappa shape index (κ3) is 5.30. The minimum atomic E-state index is -0.883. The van der Waals surface area contributed by atoms with E-state index in [1.165, 1.54) is 32.1 Å². The van der Waals surface area contributed by atoms with Crippen LogP contribution in [0.4, 0.5) is 5.69 Å². The first kappa shape index (κ1) is 17.4. The third-order valence-electron chi connectivity index (χ3n) is 5.05. The zero-order valence-corrected chi connectivity index (χ0v) is 14.3. The van der Waals surface area contributed by atoms with Gasteiger partial charge in [0, 0.05) is 36.4 Å². The predicted molar refractivity (Wildman–Crippen MR) is 99.3 cm³/mol. The monoisotopic (exact) mass is 330 g/mol. The number of benzene rings is 1. The molecule has 1 aliphatic carbocycles. The smallest absolute Gasteiger partial charge is 0.222 e. The summed E-state index contributed by atoms with van der Waals surface area (Å²) < 4.78 is 0. The molecule has 24 heavy (non-hydrogen) atoms. The summed E-state index contributed by atoms with van der Waals surface area (Å²) in [6, 6.07) is 10.8. The van der Waals surface area contributed by atoms with Gasteiger partial charge in [0.05, 0.1) is 0 Å². The molecule has 4 atom stereocenters. The highest BCUT2D eigenvalue weighted by Crippen LogP contribution is 2.24. The summed E-state index contributed by atoms with van der Waals surface area (Å²) in [5.74, 6) is 0.410. The maximum absolute atomic E-state index is 10.1. The first-order chi connectivity index (χ1) is 11.8. The molecular formula is C19H30N4O. The molecule has 1 saturated heterocycles. The molecule has 5 heteroatoms. The highest BCUT2D eigenvalue weighted by molar-refractivity contribution is 5.62. The van der Waals surface area contributed by atoms with Gasteiger partial charge in [-0.05, 0) is 44.4 Å². The largest absolute Gasteiger partial charge is 0.355 e. The zero-order valence-electron chi connectivity index (χ0n) is 14.3. The van der Waals surface area contributed by atoms with Crippen LogP contribution in [-0.2, 0) is 0 Å². The average molecular weight is 330 g/mol. The van der Waals surface area contributed by atoms with Crippen LogP contribution < -0.4 is 16.0 Å². The third-order valence-corrected chi connectivity index (χ3v) is 5.05. The van der Waals surface area contributed by atoms with Gasteiger partial charge in [-0.2, -0.15) is 0 Å². The highest BCUT2D eigenvalue weighted by atomic mass is 16.3. The van der Waals surface area contributed by atoms with Gasteiger partial charge >= 0.3 is 0 Å². The lowest BCUT2D eigenvalue weighted by atomic mass is 9.84. The molecule has 4 N–H and O–H groups in total. The Morgan fingerprint density at radius 2 is 1.96 bits per heavy atom. The van der Waals surface area contributed by atoms with Crippen molar-refractivity contribution in [2.75, 3.05) is 18.4 Å². The molecule has 5 nitrogen and oxygen atoms in total. The molecule has 0 radical (unpaired) electrons. The number of nitrogens with one attached hydrogen (secondary N) is 3. The van der Waals surface area contributed by atoms with Crippen LogP contribution in [-0.4, -0.2) is 42.8 Å². The van der Waals surface area contributed by atoms with Crippen LogP contribution in [0.2, 0.25) is 0 Å². The molecule has 2 aliphatic rings. The molecule has 1 saturated carbocycles. The van der Waals surface area contributed by atoms with Crippen molar-refractivity contribution in [3.05, 3.63) is 30.3 Å². The van der Waals surface area contributed by atoms with Crippen molar-refractivity contribution < 1.29 is 5.11 Å². The maximum atomic E-state index is 10.1. The van der Waals surface area contributed by atoms with Crippen LogP contribution in [0.5, 0.6) is 0 Å². The number of anilines is 1. The van der Waals surface area contributed by atoms with Gasteiger partial charge in [0.2, 0.25) is 6.35 Å². The van der Waals surface area contributed by atoms with E-state index in [0.29, 0.717) is 18.0 Å². The van der Waals surface area contributed by atoms with Crippen molar-refractivity contribution in [1.29, 1.82) is 0 Å². The lowest BCUT2D eigenvalue weighted by Gasteiger charge is -2.35. The van der Waals surface area contributed by atoms with E-state index in [0.717, 1.165) is 25.2 Å². The quantitative estimate of drug-likeness (QED) is 0.477. The van der Waals surface area contributed by atoms with Gasteiger partial charge in [0.15, 0.2) is 0 Å². The van der Waals surface area contributed by atoms with Crippen LogP contribution in [0, 0.1) is 5.92 Å². The molecule has 2 fully saturated rings. The van der Waals surface area contributed by atoms with Crippen LogP contribution in [0.15, 0.2) is 35.3 Å². The van der Waals surface area contributed by atoms with Crippen molar-refractivity contribution in [3.63, 3.8) is 0 Å².